The Morgan fingerprint density at radius 3 is 2.56 bits per heavy atom. The van der Waals surface area contributed by atoms with Gasteiger partial charge in [-0.25, -0.2) is 14.8 Å². The van der Waals surface area contributed by atoms with E-state index in [-0.39, 0.29) is 29.6 Å². The predicted octanol–water partition coefficient (Wildman–Crippen LogP) is 2.93. The summed E-state index contributed by atoms with van der Waals surface area (Å²) in [6.45, 7) is -0.812. The van der Waals surface area contributed by atoms with Gasteiger partial charge in [-0.2, -0.15) is 13.2 Å². The van der Waals surface area contributed by atoms with Crippen LogP contribution in [0, 0.1) is 0 Å². The average Bonchev–Trinajstić information content (AvgIpc) is 3.25. The highest BCUT2D eigenvalue weighted by atomic mass is 19.4. The monoisotopic (exact) mass is 542 g/mol. The molecule has 39 heavy (non-hydrogen) atoms. The molecule has 1 fully saturated rings. The van der Waals surface area contributed by atoms with Crippen molar-refractivity contribution in [2.45, 2.75) is 38.0 Å². The Morgan fingerprint density at radius 2 is 1.90 bits per heavy atom. The number of carbonyl (C=O) groups is 1. The van der Waals surface area contributed by atoms with E-state index in [9.17, 15) is 27.6 Å². The van der Waals surface area contributed by atoms with Gasteiger partial charge in [-0.15, -0.1) is 0 Å². The van der Waals surface area contributed by atoms with Crippen molar-refractivity contribution in [1.29, 1.82) is 0 Å². The summed E-state index contributed by atoms with van der Waals surface area (Å²) >= 11 is 0. The number of imidazole rings is 1. The number of piperidine rings is 1. The van der Waals surface area contributed by atoms with Crippen LogP contribution in [0.2, 0.25) is 0 Å². The number of alkyl halides is 3. The molecule has 0 atom stereocenters. The van der Waals surface area contributed by atoms with E-state index < -0.39 is 18.3 Å². The van der Waals surface area contributed by atoms with Crippen molar-refractivity contribution >= 4 is 17.1 Å². The van der Waals surface area contributed by atoms with E-state index in [0.717, 1.165) is 6.20 Å². The van der Waals surface area contributed by atoms with E-state index in [2.05, 4.69) is 15.0 Å². The fraction of sp³-hybridized carbons (Fsp3) is 0.346. The Balaban J connectivity index is 1.36. The molecule has 1 amide bonds. The van der Waals surface area contributed by atoms with Crippen molar-refractivity contribution in [3.05, 3.63) is 75.3 Å². The van der Waals surface area contributed by atoms with Gasteiger partial charge in [0.2, 0.25) is 11.8 Å². The summed E-state index contributed by atoms with van der Waals surface area (Å²) in [5, 5.41) is 0. The van der Waals surface area contributed by atoms with Crippen LogP contribution >= 0.6 is 0 Å². The first-order valence-corrected chi connectivity index (χ1v) is 12.3. The smallest absolute Gasteiger partial charge is 0.406 e. The van der Waals surface area contributed by atoms with Crippen LogP contribution in [0.3, 0.4) is 0 Å². The lowest BCUT2D eigenvalue weighted by Gasteiger charge is -2.32. The Bertz CT molecular complexity index is 1620. The zero-order valence-electron chi connectivity index (χ0n) is 20.9. The predicted molar refractivity (Wildman–Crippen MR) is 135 cm³/mol. The number of carbonyl (C=O) groups excluding carboxylic acids is 1. The van der Waals surface area contributed by atoms with E-state index in [0.29, 0.717) is 58.7 Å². The number of methoxy groups -OCH3 is 1. The standard InChI is InChI=1S/C26H25F3N6O4/c1-39-21-5-4-16(13-31-21)18-11-17(24(37)34(14-18)15-26(27,28)29)12-22(36)33-9-6-19(7-10-33)35-20-3-2-8-30-23(20)32-25(35)38/h2-5,8,11,13-14,19H,6-7,9-10,12,15H2,1H3,(H,30,32,38). The van der Waals surface area contributed by atoms with Crippen molar-refractivity contribution in [2.24, 2.45) is 0 Å². The Labute approximate surface area is 219 Å². The minimum absolute atomic E-state index is 0.0430. The highest BCUT2D eigenvalue weighted by Gasteiger charge is 2.30. The van der Waals surface area contributed by atoms with Gasteiger partial charge in [0, 0.05) is 60.5 Å². The summed E-state index contributed by atoms with van der Waals surface area (Å²) in [6, 6.07) is 8.00. The zero-order valence-corrected chi connectivity index (χ0v) is 20.9. The van der Waals surface area contributed by atoms with Gasteiger partial charge < -0.3 is 14.2 Å². The molecule has 5 rings (SSSR count). The van der Waals surface area contributed by atoms with Gasteiger partial charge in [-0.1, -0.05) is 0 Å². The lowest BCUT2D eigenvalue weighted by Crippen LogP contribution is -2.42. The molecule has 10 nitrogen and oxygen atoms in total. The first-order chi connectivity index (χ1) is 18.6. The number of nitrogens with one attached hydrogen (secondary N) is 1. The van der Waals surface area contributed by atoms with E-state index in [4.69, 9.17) is 4.74 Å². The molecule has 1 aliphatic heterocycles. The van der Waals surface area contributed by atoms with Crippen LogP contribution in [0.4, 0.5) is 13.2 Å². The molecule has 1 aliphatic rings. The molecule has 0 aromatic carbocycles. The average molecular weight is 543 g/mol. The molecular formula is C26H25F3N6O4. The van der Waals surface area contributed by atoms with Gasteiger partial charge in [0.1, 0.15) is 6.54 Å². The molecule has 0 unspecified atom stereocenters. The summed E-state index contributed by atoms with van der Waals surface area (Å²) in [4.78, 5) is 51.1. The number of nitrogens with zero attached hydrogens (tertiary/aromatic N) is 5. The second-order valence-electron chi connectivity index (χ2n) is 9.35. The second kappa shape index (κ2) is 10.4. The molecule has 0 aliphatic carbocycles. The van der Waals surface area contributed by atoms with Crippen molar-refractivity contribution in [3.63, 3.8) is 0 Å². The zero-order chi connectivity index (χ0) is 27.7. The number of halogens is 3. The number of pyridine rings is 3. The summed E-state index contributed by atoms with van der Waals surface area (Å²) in [5.41, 5.74) is 0.772. The third-order valence-corrected chi connectivity index (χ3v) is 6.80. The molecule has 0 saturated carbocycles. The maximum absolute atomic E-state index is 13.2. The minimum atomic E-state index is -4.63. The van der Waals surface area contributed by atoms with E-state index in [1.807, 2.05) is 0 Å². The molecule has 0 radical (unpaired) electrons. The number of hydrogen-bond acceptors (Lipinski definition) is 6. The maximum Gasteiger partial charge on any atom is 0.406 e. The van der Waals surface area contributed by atoms with E-state index >= 15 is 0 Å². The number of ether oxygens (including phenoxy) is 1. The summed E-state index contributed by atoms with van der Waals surface area (Å²) < 4.78 is 46.9. The van der Waals surface area contributed by atoms with Crippen LogP contribution in [0.1, 0.15) is 24.4 Å². The number of hydrogen-bond donors (Lipinski definition) is 1. The third kappa shape index (κ3) is 5.56. The van der Waals surface area contributed by atoms with Crippen LogP contribution < -0.4 is 16.0 Å². The van der Waals surface area contributed by atoms with Crippen LogP contribution in [0.5, 0.6) is 5.88 Å². The fourth-order valence-corrected chi connectivity index (χ4v) is 4.93. The third-order valence-electron chi connectivity index (χ3n) is 6.80. The fourth-order valence-electron chi connectivity index (χ4n) is 4.93. The summed E-state index contributed by atoms with van der Waals surface area (Å²) in [7, 11) is 1.44. The highest BCUT2D eigenvalue weighted by Crippen LogP contribution is 2.26. The molecule has 4 aromatic heterocycles. The number of fused-ring (bicyclic) bond motifs is 1. The number of aromatic amines is 1. The highest BCUT2D eigenvalue weighted by molar-refractivity contribution is 5.79. The van der Waals surface area contributed by atoms with Gasteiger partial charge in [-0.3, -0.25) is 19.1 Å². The maximum atomic E-state index is 13.2. The lowest BCUT2D eigenvalue weighted by atomic mass is 10.0. The number of likely N-dealkylation sites (tertiary alicyclic amines) is 1. The van der Waals surface area contributed by atoms with Crippen molar-refractivity contribution in [1.82, 2.24) is 29.0 Å². The summed E-state index contributed by atoms with van der Waals surface area (Å²) in [6.07, 6.45) is 0.163. The number of rotatable bonds is 6. The van der Waals surface area contributed by atoms with Crippen LogP contribution in [-0.4, -0.2) is 61.3 Å². The van der Waals surface area contributed by atoms with Gasteiger partial charge in [-0.05, 0) is 37.1 Å². The van der Waals surface area contributed by atoms with E-state index in [1.54, 1.807) is 39.9 Å². The van der Waals surface area contributed by atoms with Gasteiger partial charge in [0.15, 0.2) is 5.65 Å². The topological polar surface area (TPSA) is 115 Å². The quantitative estimate of drug-likeness (QED) is 0.401. The number of aromatic nitrogens is 5. The number of amides is 1. The van der Waals surface area contributed by atoms with Crippen molar-refractivity contribution in [3.8, 4) is 17.0 Å². The molecule has 1 saturated heterocycles. The molecular weight excluding hydrogens is 517 g/mol. The minimum Gasteiger partial charge on any atom is -0.481 e. The van der Waals surface area contributed by atoms with Crippen LogP contribution in [0.15, 0.2) is 58.5 Å². The molecule has 0 spiro atoms. The molecule has 13 heteroatoms. The first kappa shape index (κ1) is 26.2. The first-order valence-electron chi connectivity index (χ1n) is 12.3. The number of H-pyrrole nitrogens is 1. The van der Waals surface area contributed by atoms with Gasteiger partial charge in [0.25, 0.3) is 5.56 Å². The van der Waals surface area contributed by atoms with Gasteiger partial charge >= 0.3 is 11.9 Å². The van der Waals surface area contributed by atoms with Crippen LogP contribution in [0.25, 0.3) is 22.3 Å². The molecule has 4 aromatic rings. The normalized spacial score (nSPS) is 14.6. The SMILES string of the molecule is COc1ccc(-c2cc(CC(=O)N3CCC(n4c(=O)[nH]c5ncccc54)CC3)c(=O)n(CC(F)(F)F)c2)cn1. The van der Waals surface area contributed by atoms with E-state index in [1.165, 1.54) is 19.4 Å². The molecule has 0 bridgehead atoms. The molecule has 5 heterocycles. The lowest BCUT2D eigenvalue weighted by molar-refractivity contribution is -0.141. The van der Waals surface area contributed by atoms with Crippen LogP contribution in [-0.2, 0) is 17.8 Å². The van der Waals surface area contributed by atoms with Gasteiger partial charge in [0.05, 0.1) is 19.0 Å². The van der Waals surface area contributed by atoms with Crippen molar-refractivity contribution < 1.29 is 22.7 Å². The molecule has 204 valence electrons. The second-order valence-corrected chi connectivity index (χ2v) is 9.35. The Morgan fingerprint density at radius 1 is 1.13 bits per heavy atom. The Hall–Kier alpha value is -4.42. The Kier molecular flexibility index (Phi) is 6.98. The summed E-state index contributed by atoms with van der Waals surface area (Å²) in [5.74, 6) is -0.0469. The molecule has 1 N–H and O–H groups in total. The largest absolute Gasteiger partial charge is 0.481 e. The van der Waals surface area contributed by atoms with Crippen molar-refractivity contribution in [2.75, 3.05) is 20.2 Å².